The molecule has 0 aromatic heterocycles. The van der Waals surface area contributed by atoms with E-state index in [1.165, 1.54) is 0 Å². The van der Waals surface area contributed by atoms with Crippen LogP contribution in [0, 0.1) is 0 Å². The molecular formula is C15H26N2O2. The van der Waals surface area contributed by atoms with Crippen LogP contribution in [0.15, 0.2) is 18.2 Å². The van der Waals surface area contributed by atoms with Gasteiger partial charge < -0.3 is 15.6 Å². The molecule has 108 valence electrons. The van der Waals surface area contributed by atoms with Crippen molar-refractivity contribution >= 4 is 5.69 Å². The van der Waals surface area contributed by atoms with E-state index in [9.17, 15) is 5.11 Å². The summed E-state index contributed by atoms with van der Waals surface area (Å²) < 4.78 is 5.17. The van der Waals surface area contributed by atoms with Crippen LogP contribution in [0.5, 0.6) is 5.75 Å². The summed E-state index contributed by atoms with van der Waals surface area (Å²) in [5.41, 5.74) is 7.35. The number of phenolic OH excluding ortho intramolecular Hbond substituents is 1. The molecule has 1 rings (SSSR count). The second kappa shape index (κ2) is 8.02. The summed E-state index contributed by atoms with van der Waals surface area (Å²) in [6.45, 7) is 6.63. The van der Waals surface area contributed by atoms with Gasteiger partial charge in [0.25, 0.3) is 0 Å². The minimum Gasteiger partial charge on any atom is -0.508 e. The SMILES string of the molecule is CCC(CC)N(CCOC)Cc1cc(N)ccc1O. The van der Waals surface area contributed by atoms with Gasteiger partial charge in [-0.15, -0.1) is 0 Å². The van der Waals surface area contributed by atoms with Gasteiger partial charge in [-0.05, 0) is 31.0 Å². The number of hydrogen-bond acceptors (Lipinski definition) is 4. The molecule has 0 unspecified atom stereocenters. The number of rotatable bonds is 8. The normalized spacial score (nSPS) is 11.4. The summed E-state index contributed by atoms with van der Waals surface area (Å²) in [4.78, 5) is 2.35. The average molecular weight is 266 g/mol. The van der Waals surface area contributed by atoms with Crippen molar-refractivity contribution in [1.82, 2.24) is 4.90 Å². The first kappa shape index (κ1) is 15.8. The van der Waals surface area contributed by atoms with Gasteiger partial charge in [-0.3, -0.25) is 4.90 Å². The van der Waals surface area contributed by atoms with Crippen LogP contribution in [0.4, 0.5) is 5.69 Å². The fourth-order valence-electron chi connectivity index (χ4n) is 2.36. The van der Waals surface area contributed by atoms with Crippen LogP contribution >= 0.6 is 0 Å². The van der Waals surface area contributed by atoms with Crippen molar-refractivity contribution in [3.63, 3.8) is 0 Å². The smallest absolute Gasteiger partial charge is 0.120 e. The monoisotopic (exact) mass is 266 g/mol. The summed E-state index contributed by atoms with van der Waals surface area (Å²) in [6, 6.07) is 5.72. The molecular weight excluding hydrogens is 240 g/mol. The second-order valence-corrected chi connectivity index (χ2v) is 4.82. The van der Waals surface area contributed by atoms with Gasteiger partial charge in [0.1, 0.15) is 5.75 Å². The van der Waals surface area contributed by atoms with E-state index in [-0.39, 0.29) is 0 Å². The molecule has 1 aromatic rings. The number of nitrogens with two attached hydrogens (primary N) is 1. The molecule has 0 amide bonds. The zero-order chi connectivity index (χ0) is 14.3. The molecule has 0 bridgehead atoms. The zero-order valence-corrected chi connectivity index (χ0v) is 12.2. The number of nitrogen functional groups attached to an aromatic ring is 1. The summed E-state index contributed by atoms with van der Waals surface area (Å²) in [7, 11) is 1.71. The van der Waals surface area contributed by atoms with Crippen molar-refractivity contribution in [2.75, 3.05) is 26.0 Å². The molecule has 0 aliphatic carbocycles. The summed E-state index contributed by atoms with van der Waals surface area (Å²) >= 11 is 0. The Kier molecular flexibility index (Phi) is 6.67. The van der Waals surface area contributed by atoms with Crippen LogP contribution in [-0.2, 0) is 11.3 Å². The van der Waals surface area contributed by atoms with Crippen molar-refractivity contribution in [3.05, 3.63) is 23.8 Å². The molecule has 0 aliphatic heterocycles. The molecule has 0 atom stereocenters. The maximum atomic E-state index is 9.92. The Morgan fingerprint density at radius 2 is 2.00 bits per heavy atom. The highest BCUT2D eigenvalue weighted by Crippen LogP contribution is 2.23. The third kappa shape index (κ3) is 4.73. The lowest BCUT2D eigenvalue weighted by atomic mass is 10.1. The van der Waals surface area contributed by atoms with Gasteiger partial charge in [-0.1, -0.05) is 13.8 Å². The van der Waals surface area contributed by atoms with E-state index in [4.69, 9.17) is 10.5 Å². The van der Waals surface area contributed by atoms with E-state index in [2.05, 4.69) is 18.7 Å². The summed E-state index contributed by atoms with van der Waals surface area (Å²) in [5.74, 6) is 0.308. The highest BCUT2D eigenvalue weighted by atomic mass is 16.5. The number of methoxy groups -OCH3 is 1. The summed E-state index contributed by atoms with van der Waals surface area (Å²) in [5, 5.41) is 9.92. The number of benzene rings is 1. The lowest BCUT2D eigenvalue weighted by molar-refractivity contribution is 0.109. The van der Waals surface area contributed by atoms with E-state index in [1.807, 2.05) is 6.07 Å². The number of ether oxygens (including phenoxy) is 1. The molecule has 0 saturated carbocycles. The molecule has 0 aliphatic rings. The Morgan fingerprint density at radius 3 is 2.58 bits per heavy atom. The van der Waals surface area contributed by atoms with Crippen molar-refractivity contribution in [1.29, 1.82) is 0 Å². The first-order chi connectivity index (χ1) is 9.12. The fourth-order valence-corrected chi connectivity index (χ4v) is 2.36. The lowest BCUT2D eigenvalue weighted by Gasteiger charge is -2.30. The van der Waals surface area contributed by atoms with Crippen LogP contribution in [0.25, 0.3) is 0 Å². The maximum Gasteiger partial charge on any atom is 0.120 e. The highest BCUT2D eigenvalue weighted by Gasteiger charge is 2.16. The van der Waals surface area contributed by atoms with Crippen LogP contribution in [-0.4, -0.2) is 36.3 Å². The molecule has 0 spiro atoms. The second-order valence-electron chi connectivity index (χ2n) is 4.82. The lowest BCUT2D eigenvalue weighted by Crippen LogP contribution is -2.36. The number of anilines is 1. The Hall–Kier alpha value is -1.26. The molecule has 0 radical (unpaired) electrons. The van der Waals surface area contributed by atoms with Crippen molar-refractivity contribution in [3.8, 4) is 5.75 Å². The highest BCUT2D eigenvalue weighted by molar-refractivity contribution is 5.47. The van der Waals surface area contributed by atoms with E-state index < -0.39 is 0 Å². The van der Waals surface area contributed by atoms with E-state index in [0.717, 1.165) is 24.9 Å². The molecule has 0 saturated heterocycles. The van der Waals surface area contributed by atoms with Gasteiger partial charge in [-0.25, -0.2) is 0 Å². The number of nitrogens with zero attached hydrogens (tertiary/aromatic N) is 1. The minimum atomic E-state index is 0.308. The van der Waals surface area contributed by atoms with Crippen molar-refractivity contribution in [2.45, 2.75) is 39.3 Å². The third-order valence-corrected chi connectivity index (χ3v) is 3.52. The Morgan fingerprint density at radius 1 is 1.32 bits per heavy atom. The van der Waals surface area contributed by atoms with Gasteiger partial charge >= 0.3 is 0 Å². The largest absolute Gasteiger partial charge is 0.508 e. The Labute approximate surface area is 116 Å². The van der Waals surface area contributed by atoms with Crippen LogP contribution < -0.4 is 5.73 Å². The number of phenols is 1. The Bertz CT molecular complexity index is 378. The molecule has 19 heavy (non-hydrogen) atoms. The first-order valence-electron chi connectivity index (χ1n) is 6.92. The zero-order valence-electron chi connectivity index (χ0n) is 12.2. The first-order valence-corrected chi connectivity index (χ1v) is 6.92. The minimum absolute atomic E-state index is 0.308. The predicted molar refractivity (Wildman–Crippen MR) is 79.2 cm³/mol. The van der Waals surface area contributed by atoms with Gasteiger partial charge in [0, 0.05) is 37.5 Å². The average Bonchev–Trinajstić information content (AvgIpc) is 2.41. The van der Waals surface area contributed by atoms with E-state index in [1.54, 1.807) is 19.2 Å². The van der Waals surface area contributed by atoms with Gasteiger partial charge in [0.15, 0.2) is 0 Å². The number of aromatic hydroxyl groups is 1. The Balaban J connectivity index is 2.83. The van der Waals surface area contributed by atoms with Crippen molar-refractivity contribution < 1.29 is 9.84 Å². The predicted octanol–water partition coefficient (Wildman–Crippen LogP) is 2.61. The van der Waals surface area contributed by atoms with Gasteiger partial charge in [0.05, 0.1) is 6.61 Å². The molecule has 1 aromatic carbocycles. The molecule has 0 fully saturated rings. The molecule has 4 nitrogen and oxygen atoms in total. The quantitative estimate of drug-likeness (QED) is 0.561. The third-order valence-electron chi connectivity index (χ3n) is 3.52. The maximum absolute atomic E-state index is 9.92. The molecule has 3 N–H and O–H groups in total. The van der Waals surface area contributed by atoms with E-state index >= 15 is 0 Å². The van der Waals surface area contributed by atoms with E-state index in [0.29, 0.717) is 30.6 Å². The van der Waals surface area contributed by atoms with Crippen molar-refractivity contribution in [2.24, 2.45) is 0 Å². The van der Waals surface area contributed by atoms with Gasteiger partial charge in [-0.2, -0.15) is 0 Å². The van der Waals surface area contributed by atoms with Gasteiger partial charge in [0.2, 0.25) is 0 Å². The fraction of sp³-hybridized carbons (Fsp3) is 0.600. The summed E-state index contributed by atoms with van der Waals surface area (Å²) in [6.07, 6.45) is 2.17. The van der Waals surface area contributed by atoms with Crippen LogP contribution in [0.3, 0.4) is 0 Å². The van der Waals surface area contributed by atoms with Crippen LogP contribution in [0.1, 0.15) is 32.3 Å². The van der Waals surface area contributed by atoms with Crippen LogP contribution in [0.2, 0.25) is 0 Å². The standard InChI is InChI=1S/C15H26N2O2/c1-4-14(5-2)17(8-9-19-3)11-12-10-13(16)6-7-15(12)18/h6-7,10,14,18H,4-5,8-9,11,16H2,1-3H3. The number of hydrogen-bond donors (Lipinski definition) is 2. The molecule has 0 heterocycles. The molecule has 4 heteroatoms. The topological polar surface area (TPSA) is 58.7 Å².